The van der Waals surface area contributed by atoms with Crippen molar-refractivity contribution in [3.63, 3.8) is 0 Å². The fraction of sp³-hybridized carbons (Fsp3) is 0.400. The molecule has 1 aromatic rings. The molecule has 0 fully saturated rings. The summed E-state index contributed by atoms with van der Waals surface area (Å²) in [5.74, 6) is -0.491. The summed E-state index contributed by atoms with van der Waals surface area (Å²) in [6.45, 7) is 1.78. The number of hydrogen-bond acceptors (Lipinski definition) is 6. The summed E-state index contributed by atoms with van der Waals surface area (Å²) in [5.41, 5.74) is -0.112. The van der Waals surface area contributed by atoms with Gasteiger partial charge in [0.15, 0.2) is 10.8 Å². The van der Waals surface area contributed by atoms with Crippen LogP contribution >= 0.6 is 11.6 Å². The molecule has 98 valence electrons. The lowest BCUT2D eigenvalue weighted by atomic mass is 10.3. The molecule has 1 heterocycles. The maximum Gasteiger partial charge on any atom is 0.325 e. The number of carbonyl (C=O) groups excluding carboxylic acids is 1. The van der Waals surface area contributed by atoms with E-state index in [1.54, 1.807) is 6.92 Å². The van der Waals surface area contributed by atoms with Gasteiger partial charge in [-0.2, -0.15) is 0 Å². The molecule has 8 heteroatoms. The van der Waals surface area contributed by atoms with E-state index < -0.39 is 10.9 Å². The van der Waals surface area contributed by atoms with Crippen molar-refractivity contribution in [1.82, 2.24) is 4.98 Å². The van der Waals surface area contributed by atoms with Gasteiger partial charge in [-0.1, -0.05) is 11.6 Å². The van der Waals surface area contributed by atoms with Crippen molar-refractivity contribution in [2.75, 3.05) is 25.1 Å². The van der Waals surface area contributed by atoms with E-state index in [2.05, 4.69) is 4.98 Å². The Bertz CT molecular complexity index is 466. The summed E-state index contributed by atoms with van der Waals surface area (Å²) in [6, 6.07) is 1.23. The molecular formula is C10H12ClN3O4. The minimum absolute atomic E-state index is 0.0315. The second-order valence-electron chi connectivity index (χ2n) is 3.39. The van der Waals surface area contributed by atoms with Gasteiger partial charge in [-0.3, -0.25) is 14.9 Å². The van der Waals surface area contributed by atoms with Gasteiger partial charge in [0.05, 0.1) is 11.5 Å². The molecule has 0 aliphatic rings. The minimum atomic E-state index is -0.579. The van der Waals surface area contributed by atoms with Crippen molar-refractivity contribution in [3.05, 3.63) is 27.5 Å². The van der Waals surface area contributed by atoms with E-state index in [9.17, 15) is 14.9 Å². The third-order valence-corrected chi connectivity index (χ3v) is 2.38. The Balaban J connectivity index is 3.00. The Morgan fingerprint density at radius 1 is 1.67 bits per heavy atom. The Kier molecular flexibility index (Phi) is 4.85. The summed E-state index contributed by atoms with van der Waals surface area (Å²) in [5, 5.41) is 10.8. The second kappa shape index (κ2) is 6.15. The first-order valence-corrected chi connectivity index (χ1v) is 5.50. The highest BCUT2D eigenvalue weighted by atomic mass is 35.5. The molecule has 0 saturated heterocycles. The normalized spacial score (nSPS) is 9.94. The number of likely N-dealkylation sites (N-methyl/N-ethyl adjacent to an activating group) is 1. The lowest BCUT2D eigenvalue weighted by Gasteiger charge is -2.18. The number of rotatable bonds is 5. The van der Waals surface area contributed by atoms with Crippen LogP contribution in [-0.4, -0.2) is 36.1 Å². The number of hydrogen-bond donors (Lipinski definition) is 0. The average Bonchev–Trinajstić information content (AvgIpc) is 2.28. The molecule has 0 aromatic carbocycles. The molecule has 0 spiro atoms. The number of aromatic nitrogens is 1. The van der Waals surface area contributed by atoms with E-state index >= 15 is 0 Å². The standard InChI is InChI=1S/C10H12ClN3O4/c1-3-18-8(15)6-13(2)9-7(14(16)17)4-5-12-10(9)11/h4-5H,3,6H2,1-2H3. The van der Waals surface area contributed by atoms with Crippen LogP contribution in [-0.2, 0) is 9.53 Å². The van der Waals surface area contributed by atoms with E-state index in [1.165, 1.54) is 24.2 Å². The van der Waals surface area contributed by atoms with Crippen molar-refractivity contribution in [2.45, 2.75) is 6.92 Å². The van der Waals surface area contributed by atoms with Crippen LogP contribution in [0.1, 0.15) is 6.92 Å². The Morgan fingerprint density at radius 2 is 2.33 bits per heavy atom. The van der Waals surface area contributed by atoms with E-state index in [4.69, 9.17) is 16.3 Å². The number of ether oxygens (including phenoxy) is 1. The predicted octanol–water partition coefficient (Wildman–Crippen LogP) is 1.64. The van der Waals surface area contributed by atoms with E-state index in [1.807, 2.05) is 0 Å². The summed E-state index contributed by atoms with van der Waals surface area (Å²) < 4.78 is 4.76. The highest BCUT2D eigenvalue weighted by Crippen LogP contribution is 2.32. The summed E-state index contributed by atoms with van der Waals surface area (Å²) in [4.78, 5) is 26.7. The van der Waals surface area contributed by atoms with Crippen LogP contribution in [0.25, 0.3) is 0 Å². The first-order valence-electron chi connectivity index (χ1n) is 5.13. The second-order valence-corrected chi connectivity index (χ2v) is 3.75. The SMILES string of the molecule is CCOC(=O)CN(C)c1c([N+](=O)[O-])ccnc1Cl. The van der Waals surface area contributed by atoms with Gasteiger partial charge in [0.1, 0.15) is 6.54 Å². The molecule has 1 aromatic heterocycles. The van der Waals surface area contributed by atoms with E-state index in [0.29, 0.717) is 0 Å². The molecule has 0 aliphatic carbocycles. The van der Waals surface area contributed by atoms with Gasteiger partial charge in [0.2, 0.25) is 0 Å². The van der Waals surface area contributed by atoms with Gasteiger partial charge in [-0.05, 0) is 6.92 Å². The topological polar surface area (TPSA) is 85.6 Å². The largest absolute Gasteiger partial charge is 0.465 e. The predicted molar refractivity (Wildman–Crippen MR) is 65.8 cm³/mol. The maximum atomic E-state index is 11.3. The van der Waals surface area contributed by atoms with Gasteiger partial charge >= 0.3 is 5.97 Å². The van der Waals surface area contributed by atoms with Crippen molar-refractivity contribution in [2.24, 2.45) is 0 Å². The molecule has 0 atom stereocenters. The molecule has 0 aliphatic heterocycles. The number of carbonyl (C=O) groups is 1. The zero-order chi connectivity index (χ0) is 13.7. The molecule has 18 heavy (non-hydrogen) atoms. The van der Waals surface area contributed by atoms with Crippen molar-refractivity contribution < 1.29 is 14.5 Å². The van der Waals surface area contributed by atoms with Gasteiger partial charge < -0.3 is 9.64 Å². The number of anilines is 1. The quantitative estimate of drug-likeness (QED) is 0.351. The van der Waals surface area contributed by atoms with Crippen molar-refractivity contribution in [3.8, 4) is 0 Å². The lowest BCUT2D eigenvalue weighted by Crippen LogP contribution is -2.28. The van der Waals surface area contributed by atoms with Crippen LogP contribution in [0.3, 0.4) is 0 Å². The summed E-state index contributed by atoms with van der Waals surface area (Å²) in [7, 11) is 1.51. The Morgan fingerprint density at radius 3 is 2.89 bits per heavy atom. The summed E-state index contributed by atoms with van der Waals surface area (Å²) >= 11 is 5.82. The minimum Gasteiger partial charge on any atom is -0.465 e. The van der Waals surface area contributed by atoms with E-state index in [-0.39, 0.29) is 29.7 Å². The fourth-order valence-corrected chi connectivity index (χ4v) is 1.70. The monoisotopic (exact) mass is 273 g/mol. The van der Waals surface area contributed by atoms with Gasteiger partial charge in [-0.15, -0.1) is 0 Å². The summed E-state index contributed by atoms with van der Waals surface area (Å²) in [6.07, 6.45) is 1.24. The third kappa shape index (κ3) is 3.30. The molecule has 0 saturated carbocycles. The average molecular weight is 274 g/mol. The molecule has 0 N–H and O–H groups in total. The number of pyridine rings is 1. The lowest BCUT2D eigenvalue weighted by molar-refractivity contribution is -0.384. The number of esters is 1. The highest BCUT2D eigenvalue weighted by molar-refractivity contribution is 6.32. The van der Waals surface area contributed by atoms with Crippen LogP contribution < -0.4 is 4.90 Å². The van der Waals surface area contributed by atoms with Crippen molar-refractivity contribution in [1.29, 1.82) is 0 Å². The Labute approximate surface area is 108 Å². The molecule has 0 unspecified atom stereocenters. The van der Waals surface area contributed by atoms with Gasteiger partial charge in [-0.25, -0.2) is 4.98 Å². The maximum absolute atomic E-state index is 11.3. The van der Waals surface area contributed by atoms with Gasteiger partial charge in [0, 0.05) is 19.3 Å². The van der Waals surface area contributed by atoms with Crippen LogP contribution in [0.2, 0.25) is 5.15 Å². The van der Waals surface area contributed by atoms with Crippen LogP contribution in [0.4, 0.5) is 11.4 Å². The zero-order valence-corrected chi connectivity index (χ0v) is 10.7. The fourth-order valence-electron chi connectivity index (χ4n) is 1.40. The molecular weight excluding hydrogens is 262 g/mol. The first-order chi connectivity index (χ1) is 8.47. The van der Waals surface area contributed by atoms with Crippen LogP contribution in [0.5, 0.6) is 0 Å². The number of nitro groups is 1. The Hall–Kier alpha value is -1.89. The number of halogens is 1. The van der Waals surface area contributed by atoms with Crippen LogP contribution in [0, 0.1) is 10.1 Å². The van der Waals surface area contributed by atoms with Gasteiger partial charge in [0.25, 0.3) is 5.69 Å². The molecule has 0 bridgehead atoms. The zero-order valence-electron chi connectivity index (χ0n) is 9.92. The molecule has 0 amide bonds. The molecule has 0 radical (unpaired) electrons. The smallest absolute Gasteiger partial charge is 0.325 e. The number of nitrogens with zero attached hydrogens (tertiary/aromatic N) is 3. The third-order valence-electron chi connectivity index (χ3n) is 2.11. The molecule has 1 rings (SSSR count). The molecule has 7 nitrogen and oxygen atoms in total. The van der Waals surface area contributed by atoms with E-state index in [0.717, 1.165) is 0 Å². The first kappa shape index (κ1) is 14.2. The van der Waals surface area contributed by atoms with Crippen LogP contribution in [0.15, 0.2) is 12.3 Å². The highest BCUT2D eigenvalue weighted by Gasteiger charge is 2.22. The van der Waals surface area contributed by atoms with Crippen molar-refractivity contribution >= 4 is 28.9 Å².